The molecule has 50 heavy (non-hydrogen) atoms. The number of fused-ring (bicyclic) bond motifs is 7. The van der Waals surface area contributed by atoms with Crippen LogP contribution in [0.1, 0.15) is 0 Å². The highest BCUT2D eigenvalue weighted by molar-refractivity contribution is 6.20. The lowest BCUT2D eigenvalue weighted by molar-refractivity contribution is 0.667. The SMILES string of the molecule is c1ccc(N(c2ccc3c(c2)oc2ccccc23)c2ccc(N(c3ccccc3)c3ccccc3)c3c2oc2cc4ccccc4cc23)cc1. The summed E-state index contributed by atoms with van der Waals surface area (Å²) in [7, 11) is 0. The molecule has 8 aromatic carbocycles. The molecular weight excluding hydrogens is 613 g/mol. The van der Waals surface area contributed by atoms with Crippen molar-refractivity contribution in [2.75, 3.05) is 9.80 Å². The van der Waals surface area contributed by atoms with Crippen LogP contribution in [0.3, 0.4) is 0 Å². The molecule has 0 amide bonds. The average molecular weight is 643 g/mol. The maximum Gasteiger partial charge on any atom is 0.161 e. The number of benzene rings is 8. The van der Waals surface area contributed by atoms with Gasteiger partial charge in [0.25, 0.3) is 0 Å². The monoisotopic (exact) mass is 642 g/mol. The molecule has 10 aromatic rings. The fraction of sp³-hybridized carbons (Fsp3) is 0. The third-order valence-electron chi connectivity index (χ3n) is 9.59. The molecule has 236 valence electrons. The lowest BCUT2D eigenvalue weighted by Gasteiger charge is -2.29. The van der Waals surface area contributed by atoms with Gasteiger partial charge in [0.2, 0.25) is 0 Å². The Balaban J connectivity index is 1.29. The fourth-order valence-corrected chi connectivity index (χ4v) is 7.34. The first-order chi connectivity index (χ1) is 24.8. The number of nitrogens with zero attached hydrogens (tertiary/aromatic N) is 2. The zero-order valence-corrected chi connectivity index (χ0v) is 27.0. The highest BCUT2D eigenvalue weighted by atomic mass is 16.3. The van der Waals surface area contributed by atoms with Gasteiger partial charge in [0, 0.05) is 39.3 Å². The van der Waals surface area contributed by atoms with E-state index in [-0.39, 0.29) is 0 Å². The lowest BCUT2D eigenvalue weighted by Crippen LogP contribution is -2.13. The van der Waals surface area contributed by atoms with Crippen LogP contribution in [0.5, 0.6) is 0 Å². The van der Waals surface area contributed by atoms with Gasteiger partial charge in [-0.15, -0.1) is 0 Å². The van der Waals surface area contributed by atoms with Gasteiger partial charge >= 0.3 is 0 Å². The van der Waals surface area contributed by atoms with Crippen LogP contribution < -0.4 is 9.80 Å². The predicted octanol–water partition coefficient (Wildman–Crippen LogP) is 13.6. The van der Waals surface area contributed by atoms with Gasteiger partial charge in [0.1, 0.15) is 16.7 Å². The second kappa shape index (κ2) is 11.4. The number of rotatable bonds is 6. The Morgan fingerprint density at radius 1 is 0.320 bits per heavy atom. The molecule has 0 saturated carbocycles. The van der Waals surface area contributed by atoms with Gasteiger partial charge in [-0.05, 0) is 89.6 Å². The van der Waals surface area contributed by atoms with E-state index < -0.39 is 0 Å². The second-order valence-corrected chi connectivity index (χ2v) is 12.6. The van der Waals surface area contributed by atoms with Crippen molar-refractivity contribution < 1.29 is 8.83 Å². The van der Waals surface area contributed by atoms with E-state index in [1.165, 1.54) is 5.39 Å². The molecule has 4 heteroatoms. The number of anilines is 6. The Bertz CT molecular complexity index is 2780. The molecule has 0 fully saturated rings. The summed E-state index contributed by atoms with van der Waals surface area (Å²) in [5.74, 6) is 0. The van der Waals surface area contributed by atoms with Gasteiger partial charge in [-0.3, -0.25) is 0 Å². The quantitative estimate of drug-likeness (QED) is 0.181. The van der Waals surface area contributed by atoms with E-state index in [2.05, 4.69) is 174 Å². The van der Waals surface area contributed by atoms with E-state index in [1.54, 1.807) is 0 Å². The Labute approximate surface area is 288 Å². The molecule has 0 saturated heterocycles. The van der Waals surface area contributed by atoms with E-state index in [9.17, 15) is 0 Å². The number of furan rings is 2. The van der Waals surface area contributed by atoms with Crippen molar-refractivity contribution in [1.82, 2.24) is 0 Å². The van der Waals surface area contributed by atoms with E-state index in [1.807, 2.05) is 18.2 Å². The molecule has 0 spiro atoms. The molecule has 2 aromatic heterocycles. The van der Waals surface area contributed by atoms with Crippen molar-refractivity contribution in [2.45, 2.75) is 0 Å². The highest BCUT2D eigenvalue weighted by Gasteiger charge is 2.25. The summed E-state index contributed by atoms with van der Waals surface area (Å²) in [4.78, 5) is 4.60. The maximum atomic E-state index is 7.02. The first-order valence-electron chi connectivity index (χ1n) is 16.8. The smallest absolute Gasteiger partial charge is 0.161 e. The van der Waals surface area contributed by atoms with E-state index >= 15 is 0 Å². The minimum Gasteiger partial charge on any atom is -0.456 e. The molecule has 0 aliphatic rings. The predicted molar refractivity (Wildman–Crippen MR) is 208 cm³/mol. The second-order valence-electron chi connectivity index (χ2n) is 12.6. The van der Waals surface area contributed by atoms with Crippen LogP contribution in [0.4, 0.5) is 34.1 Å². The van der Waals surface area contributed by atoms with Crippen molar-refractivity contribution in [2.24, 2.45) is 0 Å². The van der Waals surface area contributed by atoms with E-state index in [0.717, 1.165) is 83.4 Å². The Kier molecular flexibility index (Phi) is 6.46. The molecule has 10 rings (SSSR count). The van der Waals surface area contributed by atoms with Gasteiger partial charge in [0.05, 0.1) is 22.4 Å². The molecule has 0 unspecified atom stereocenters. The minimum absolute atomic E-state index is 0.804. The van der Waals surface area contributed by atoms with Gasteiger partial charge in [0.15, 0.2) is 5.58 Å². The number of hydrogen-bond acceptors (Lipinski definition) is 4. The highest BCUT2D eigenvalue weighted by Crippen LogP contribution is 2.49. The van der Waals surface area contributed by atoms with Crippen molar-refractivity contribution in [3.63, 3.8) is 0 Å². The first kappa shape index (κ1) is 28.3. The third kappa shape index (κ3) is 4.54. The largest absolute Gasteiger partial charge is 0.456 e. The topological polar surface area (TPSA) is 32.8 Å². The molecule has 0 bridgehead atoms. The Hall–Kier alpha value is -6.78. The summed E-state index contributed by atoms with van der Waals surface area (Å²) < 4.78 is 13.4. The van der Waals surface area contributed by atoms with Crippen LogP contribution in [0, 0.1) is 0 Å². The first-order valence-corrected chi connectivity index (χ1v) is 16.8. The average Bonchev–Trinajstić information content (AvgIpc) is 3.74. The lowest BCUT2D eigenvalue weighted by atomic mass is 10.0. The van der Waals surface area contributed by atoms with Crippen molar-refractivity contribution >= 4 is 88.8 Å². The molecule has 4 nitrogen and oxygen atoms in total. The summed E-state index contributed by atoms with van der Waals surface area (Å²) in [6.07, 6.45) is 0. The molecular formula is C46H30N2O2. The molecule has 0 radical (unpaired) electrons. The number of hydrogen-bond donors (Lipinski definition) is 0. The normalized spacial score (nSPS) is 11.6. The standard InChI is InChI=1S/C46H30N2O2/c1-4-16-33(17-5-1)47(34-18-6-2-7-19-34)40-26-27-41(46-45(40)39-28-31-14-10-11-15-32(31)29-43(39)50-46)48(35-20-8-3-9-21-35)36-24-25-38-37-22-12-13-23-42(37)49-44(38)30-36/h1-30H. The van der Waals surface area contributed by atoms with Crippen LogP contribution in [-0.4, -0.2) is 0 Å². The zero-order chi connectivity index (χ0) is 33.0. The summed E-state index contributed by atoms with van der Waals surface area (Å²) in [5.41, 5.74) is 9.47. The molecule has 0 aliphatic heterocycles. The molecule has 0 N–H and O–H groups in total. The van der Waals surface area contributed by atoms with Gasteiger partial charge in [-0.1, -0.05) is 97.1 Å². The van der Waals surface area contributed by atoms with Crippen molar-refractivity contribution in [3.8, 4) is 0 Å². The van der Waals surface area contributed by atoms with Gasteiger partial charge in [-0.2, -0.15) is 0 Å². The van der Waals surface area contributed by atoms with E-state index in [4.69, 9.17) is 8.83 Å². The number of para-hydroxylation sites is 4. The summed E-state index contributed by atoms with van der Waals surface area (Å²) in [5, 5.41) is 6.61. The third-order valence-corrected chi connectivity index (χ3v) is 9.59. The fourth-order valence-electron chi connectivity index (χ4n) is 7.34. The molecule has 2 heterocycles. The summed E-state index contributed by atoms with van der Waals surface area (Å²) in [6, 6.07) is 63.6. The van der Waals surface area contributed by atoms with Gasteiger partial charge in [-0.25, -0.2) is 0 Å². The maximum absolute atomic E-state index is 7.02. The van der Waals surface area contributed by atoms with Crippen LogP contribution in [0.2, 0.25) is 0 Å². The van der Waals surface area contributed by atoms with Gasteiger partial charge < -0.3 is 18.6 Å². The van der Waals surface area contributed by atoms with Crippen LogP contribution in [0.15, 0.2) is 191 Å². The van der Waals surface area contributed by atoms with Crippen molar-refractivity contribution in [3.05, 3.63) is 182 Å². The summed E-state index contributed by atoms with van der Waals surface area (Å²) >= 11 is 0. The summed E-state index contributed by atoms with van der Waals surface area (Å²) in [6.45, 7) is 0. The van der Waals surface area contributed by atoms with Crippen LogP contribution in [-0.2, 0) is 0 Å². The van der Waals surface area contributed by atoms with Crippen LogP contribution >= 0.6 is 0 Å². The molecule has 0 aliphatic carbocycles. The zero-order valence-electron chi connectivity index (χ0n) is 27.0. The Morgan fingerprint density at radius 2 is 0.840 bits per heavy atom. The van der Waals surface area contributed by atoms with E-state index in [0.29, 0.717) is 0 Å². The molecule has 0 atom stereocenters. The van der Waals surface area contributed by atoms with Crippen molar-refractivity contribution in [1.29, 1.82) is 0 Å². The minimum atomic E-state index is 0.804. The Morgan fingerprint density at radius 3 is 1.52 bits per heavy atom. The van der Waals surface area contributed by atoms with Crippen LogP contribution in [0.25, 0.3) is 54.6 Å².